The molecule has 0 bridgehead atoms. The molecule has 0 fully saturated rings. The van der Waals surface area contributed by atoms with Gasteiger partial charge in [0, 0.05) is 6.42 Å². The molecule has 0 aliphatic rings. The van der Waals surface area contributed by atoms with Crippen LogP contribution in [-0.4, -0.2) is 82.0 Å². The first-order valence-corrected chi connectivity index (χ1v) is 12.1. The van der Waals surface area contributed by atoms with E-state index >= 15 is 0 Å². The third-order valence-electron chi connectivity index (χ3n) is 5.07. The SMILES string of the molecule is CCC(C)C(NC(=O)C(N)CCSC)C(=O)NC(CC(=O)O)C(=O)NC(CCC(N)=O)C(=O)O. The molecule has 0 saturated carbocycles. The van der Waals surface area contributed by atoms with E-state index in [9.17, 15) is 33.9 Å². The smallest absolute Gasteiger partial charge is 0.326 e. The van der Waals surface area contributed by atoms with Crippen molar-refractivity contribution in [3.63, 3.8) is 0 Å². The van der Waals surface area contributed by atoms with Gasteiger partial charge >= 0.3 is 11.9 Å². The van der Waals surface area contributed by atoms with E-state index in [0.717, 1.165) is 0 Å². The molecule has 4 amide bonds. The van der Waals surface area contributed by atoms with Crippen LogP contribution in [0.5, 0.6) is 0 Å². The highest BCUT2D eigenvalue weighted by Gasteiger charge is 2.33. The zero-order valence-corrected chi connectivity index (χ0v) is 20.4. The highest BCUT2D eigenvalue weighted by Crippen LogP contribution is 2.10. The number of primary amides is 1. The Hall–Kier alpha value is -2.87. The molecular weight excluding hydrogens is 470 g/mol. The van der Waals surface area contributed by atoms with Crippen LogP contribution in [0.15, 0.2) is 0 Å². The quantitative estimate of drug-likeness (QED) is 0.119. The predicted molar refractivity (Wildman–Crippen MR) is 125 cm³/mol. The van der Waals surface area contributed by atoms with Crippen molar-refractivity contribution in [3.8, 4) is 0 Å². The van der Waals surface area contributed by atoms with E-state index in [1.54, 1.807) is 13.8 Å². The predicted octanol–water partition coefficient (Wildman–Crippen LogP) is -1.61. The van der Waals surface area contributed by atoms with Gasteiger partial charge in [-0.2, -0.15) is 11.8 Å². The van der Waals surface area contributed by atoms with E-state index in [0.29, 0.717) is 18.6 Å². The number of carboxylic acids is 2. The molecule has 5 unspecified atom stereocenters. The maximum absolute atomic E-state index is 12.9. The van der Waals surface area contributed by atoms with E-state index in [2.05, 4.69) is 16.0 Å². The molecular formula is C20H35N5O8S. The summed E-state index contributed by atoms with van der Waals surface area (Å²) in [5.41, 5.74) is 10.9. The summed E-state index contributed by atoms with van der Waals surface area (Å²) >= 11 is 1.51. The summed E-state index contributed by atoms with van der Waals surface area (Å²) in [4.78, 5) is 71.5. The minimum atomic E-state index is -1.63. The van der Waals surface area contributed by atoms with Crippen molar-refractivity contribution in [2.24, 2.45) is 17.4 Å². The van der Waals surface area contributed by atoms with E-state index in [4.69, 9.17) is 16.6 Å². The Labute approximate surface area is 202 Å². The molecule has 0 heterocycles. The van der Waals surface area contributed by atoms with Crippen LogP contribution >= 0.6 is 11.8 Å². The van der Waals surface area contributed by atoms with E-state index in [-0.39, 0.29) is 18.8 Å². The summed E-state index contributed by atoms with van der Waals surface area (Å²) < 4.78 is 0. The minimum absolute atomic E-state index is 0.316. The number of carboxylic acid groups (broad SMARTS) is 2. The van der Waals surface area contributed by atoms with Crippen molar-refractivity contribution in [2.75, 3.05) is 12.0 Å². The molecule has 0 radical (unpaired) electrons. The van der Waals surface area contributed by atoms with Crippen molar-refractivity contribution in [1.82, 2.24) is 16.0 Å². The highest BCUT2D eigenvalue weighted by atomic mass is 32.2. The lowest BCUT2D eigenvalue weighted by molar-refractivity contribution is -0.144. The van der Waals surface area contributed by atoms with Crippen molar-refractivity contribution in [1.29, 1.82) is 0 Å². The maximum atomic E-state index is 12.9. The normalized spacial score (nSPS) is 15.2. The number of nitrogens with one attached hydrogen (secondary N) is 3. The number of aliphatic carboxylic acids is 2. The summed E-state index contributed by atoms with van der Waals surface area (Å²) in [5, 5.41) is 25.4. The summed E-state index contributed by atoms with van der Waals surface area (Å²) in [6, 6.07) is -5.11. The van der Waals surface area contributed by atoms with Gasteiger partial charge < -0.3 is 37.6 Å². The Morgan fingerprint density at radius 2 is 1.50 bits per heavy atom. The second-order valence-corrected chi connectivity index (χ2v) is 8.81. The average Bonchev–Trinajstić information content (AvgIpc) is 2.76. The third kappa shape index (κ3) is 11.8. The van der Waals surface area contributed by atoms with Crippen molar-refractivity contribution in [3.05, 3.63) is 0 Å². The number of thioether (sulfide) groups is 1. The van der Waals surface area contributed by atoms with E-state index < -0.39 is 66.2 Å². The molecule has 13 nitrogen and oxygen atoms in total. The number of hydrogen-bond acceptors (Lipinski definition) is 8. The van der Waals surface area contributed by atoms with Gasteiger partial charge in [-0.15, -0.1) is 0 Å². The molecule has 0 aliphatic carbocycles. The van der Waals surface area contributed by atoms with Gasteiger partial charge in [0.2, 0.25) is 23.6 Å². The van der Waals surface area contributed by atoms with Gasteiger partial charge in [-0.1, -0.05) is 20.3 Å². The van der Waals surface area contributed by atoms with Crippen LogP contribution in [0.1, 0.15) is 46.0 Å². The Kier molecular flexibility index (Phi) is 14.5. The third-order valence-corrected chi connectivity index (χ3v) is 5.71. The molecule has 14 heteroatoms. The fraction of sp³-hybridized carbons (Fsp3) is 0.700. The van der Waals surface area contributed by atoms with Crippen molar-refractivity contribution in [2.45, 2.75) is 70.1 Å². The lowest BCUT2D eigenvalue weighted by atomic mass is 9.97. The number of nitrogens with two attached hydrogens (primary N) is 2. The van der Waals surface area contributed by atoms with Crippen LogP contribution in [0.3, 0.4) is 0 Å². The first-order chi connectivity index (χ1) is 15.8. The lowest BCUT2D eigenvalue weighted by Gasteiger charge is -2.27. The van der Waals surface area contributed by atoms with Gasteiger partial charge in [0.25, 0.3) is 0 Å². The number of carbonyl (C=O) groups excluding carboxylic acids is 4. The van der Waals surface area contributed by atoms with E-state index in [1.807, 2.05) is 6.26 Å². The van der Waals surface area contributed by atoms with Crippen LogP contribution in [0.25, 0.3) is 0 Å². The molecule has 9 N–H and O–H groups in total. The Bertz CT molecular complexity index is 750. The summed E-state index contributed by atoms with van der Waals surface area (Å²) in [7, 11) is 0. The molecule has 194 valence electrons. The zero-order valence-electron chi connectivity index (χ0n) is 19.5. The standard InChI is InChI=1S/C20H35N5O8S/c1-4-10(2)16(25-17(29)11(21)7-8-34-3)19(31)24-13(9-15(27)28)18(30)23-12(20(32)33)5-6-14(22)26/h10-13,16H,4-9,21H2,1-3H3,(H2,22,26)(H,23,30)(H,24,31)(H,25,29)(H,27,28)(H,32,33). The molecule has 0 aromatic rings. The first kappa shape index (κ1) is 31.1. The second-order valence-electron chi connectivity index (χ2n) is 7.82. The van der Waals surface area contributed by atoms with Gasteiger partial charge in [-0.25, -0.2) is 4.79 Å². The number of hydrogen-bond donors (Lipinski definition) is 7. The van der Waals surface area contributed by atoms with Gasteiger partial charge in [-0.05, 0) is 30.8 Å². The average molecular weight is 506 g/mol. The minimum Gasteiger partial charge on any atom is -0.481 e. The summed E-state index contributed by atoms with van der Waals surface area (Å²) in [5.74, 6) is -5.86. The van der Waals surface area contributed by atoms with Crippen LogP contribution < -0.4 is 27.4 Å². The zero-order chi connectivity index (χ0) is 26.4. The second kappa shape index (κ2) is 15.9. The van der Waals surface area contributed by atoms with Crippen LogP contribution in [0.2, 0.25) is 0 Å². The van der Waals surface area contributed by atoms with Gasteiger partial charge in [0.1, 0.15) is 18.1 Å². The molecule has 0 aromatic heterocycles. The van der Waals surface area contributed by atoms with E-state index in [1.165, 1.54) is 11.8 Å². The molecule has 0 saturated heterocycles. The van der Waals surface area contributed by atoms with Gasteiger partial charge in [-0.3, -0.25) is 24.0 Å². The van der Waals surface area contributed by atoms with Gasteiger partial charge in [0.15, 0.2) is 0 Å². The Balaban J connectivity index is 5.53. The Morgan fingerprint density at radius 1 is 0.912 bits per heavy atom. The fourth-order valence-corrected chi connectivity index (χ4v) is 3.29. The Morgan fingerprint density at radius 3 is 1.97 bits per heavy atom. The highest BCUT2D eigenvalue weighted by molar-refractivity contribution is 7.98. The molecule has 5 atom stereocenters. The van der Waals surface area contributed by atoms with Crippen molar-refractivity contribution >= 4 is 47.3 Å². The number of amides is 4. The number of carbonyl (C=O) groups is 6. The largest absolute Gasteiger partial charge is 0.481 e. The summed E-state index contributed by atoms with van der Waals surface area (Å²) in [6.07, 6.45) is 1.23. The molecule has 0 rings (SSSR count). The van der Waals surface area contributed by atoms with Crippen LogP contribution in [-0.2, 0) is 28.8 Å². The topological polar surface area (TPSA) is 231 Å². The van der Waals surface area contributed by atoms with Crippen LogP contribution in [0, 0.1) is 5.92 Å². The number of rotatable bonds is 17. The van der Waals surface area contributed by atoms with Crippen LogP contribution in [0.4, 0.5) is 0 Å². The lowest BCUT2D eigenvalue weighted by Crippen LogP contribution is -2.59. The molecule has 0 aromatic carbocycles. The molecule has 34 heavy (non-hydrogen) atoms. The van der Waals surface area contributed by atoms with Crippen molar-refractivity contribution < 1.29 is 39.0 Å². The summed E-state index contributed by atoms with van der Waals surface area (Å²) in [6.45, 7) is 3.47. The first-order valence-electron chi connectivity index (χ1n) is 10.7. The van der Waals surface area contributed by atoms with Gasteiger partial charge in [0.05, 0.1) is 12.5 Å². The maximum Gasteiger partial charge on any atom is 0.326 e. The molecule has 0 aliphatic heterocycles. The molecule has 0 spiro atoms. The fourth-order valence-electron chi connectivity index (χ4n) is 2.80. The monoisotopic (exact) mass is 505 g/mol.